The van der Waals surface area contributed by atoms with Crippen molar-refractivity contribution in [1.29, 1.82) is 0 Å². The molecule has 108 valence electrons. The lowest BCUT2D eigenvalue weighted by Gasteiger charge is -2.22. The van der Waals surface area contributed by atoms with Gasteiger partial charge in [0.1, 0.15) is 17.7 Å². The van der Waals surface area contributed by atoms with Crippen molar-refractivity contribution >= 4 is 0 Å². The second kappa shape index (κ2) is 6.68. The first kappa shape index (κ1) is 14.8. The standard InChI is InChI=1S/C16H20FNO2/c1-11(9-15(19)16-7-4-8-20-16)18-12(2)13-5-3-6-14(17)10-13/h3-8,10-12,15,18-19H,9H2,1-2H3. The normalized spacial score (nSPS) is 15.8. The SMILES string of the molecule is CC(CC(O)c1ccco1)NC(C)c1cccc(F)c1. The first-order chi connectivity index (χ1) is 9.56. The van der Waals surface area contributed by atoms with Crippen molar-refractivity contribution in [3.63, 3.8) is 0 Å². The van der Waals surface area contributed by atoms with Gasteiger partial charge in [-0.3, -0.25) is 0 Å². The zero-order valence-corrected chi connectivity index (χ0v) is 11.7. The van der Waals surface area contributed by atoms with Gasteiger partial charge in [0.25, 0.3) is 0 Å². The number of halogens is 1. The Balaban J connectivity index is 1.89. The Morgan fingerprint density at radius 3 is 2.70 bits per heavy atom. The number of benzene rings is 1. The fraction of sp³-hybridized carbons (Fsp3) is 0.375. The van der Waals surface area contributed by atoms with E-state index in [9.17, 15) is 9.50 Å². The van der Waals surface area contributed by atoms with Crippen molar-refractivity contribution in [2.24, 2.45) is 0 Å². The quantitative estimate of drug-likeness (QED) is 0.848. The van der Waals surface area contributed by atoms with Gasteiger partial charge in [0.15, 0.2) is 0 Å². The Hall–Kier alpha value is -1.65. The van der Waals surface area contributed by atoms with Gasteiger partial charge in [0.05, 0.1) is 6.26 Å². The van der Waals surface area contributed by atoms with Crippen LogP contribution in [-0.2, 0) is 0 Å². The highest BCUT2D eigenvalue weighted by molar-refractivity contribution is 5.19. The van der Waals surface area contributed by atoms with Crippen LogP contribution in [0.5, 0.6) is 0 Å². The molecule has 1 heterocycles. The van der Waals surface area contributed by atoms with Crippen LogP contribution in [0.3, 0.4) is 0 Å². The van der Waals surface area contributed by atoms with E-state index in [4.69, 9.17) is 4.42 Å². The Labute approximate surface area is 118 Å². The van der Waals surface area contributed by atoms with E-state index in [2.05, 4.69) is 5.32 Å². The van der Waals surface area contributed by atoms with E-state index >= 15 is 0 Å². The van der Waals surface area contributed by atoms with Crippen LogP contribution in [-0.4, -0.2) is 11.1 Å². The van der Waals surface area contributed by atoms with Crippen LogP contribution < -0.4 is 5.32 Å². The first-order valence-corrected chi connectivity index (χ1v) is 6.79. The van der Waals surface area contributed by atoms with Crippen molar-refractivity contribution in [3.05, 3.63) is 59.8 Å². The molecular formula is C16H20FNO2. The van der Waals surface area contributed by atoms with E-state index in [-0.39, 0.29) is 17.9 Å². The summed E-state index contributed by atoms with van der Waals surface area (Å²) in [6.45, 7) is 3.96. The maximum atomic E-state index is 13.2. The van der Waals surface area contributed by atoms with E-state index in [0.717, 1.165) is 5.56 Å². The maximum Gasteiger partial charge on any atom is 0.132 e. The van der Waals surface area contributed by atoms with E-state index in [0.29, 0.717) is 12.2 Å². The zero-order chi connectivity index (χ0) is 14.5. The molecule has 0 saturated heterocycles. The minimum absolute atomic E-state index is 0.0181. The average molecular weight is 277 g/mol. The van der Waals surface area contributed by atoms with E-state index in [1.165, 1.54) is 12.1 Å². The minimum Gasteiger partial charge on any atom is -0.467 e. The summed E-state index contributed by atoms with van der Waals surface area (Å²) in [6, 6.07) is 10.1. The smallest absolute Gasteiger partial charge is 0.132 e. The zero-order valence-electron chi connectivity index (χ0n) is 11.7. The predicted molar refractivity (Wildman–Crippen MR) is 75.7 cm³/mol. The molecule has 0 radical (unpaired) electrons. The molecule has 1 aromatic heterocycles. The first-order valence-electron chi connectivity index (χ1n) is 6.79. The van der Waals surface area contributed by atoms with Crippen molar-refractivity contribution < 1.29 is 13.9 Å². The van der Waals surface area contributed by atoms with Gasteiger partial charge >= 0.3 is 0 Å². The molecule has 2 aromatic rings. The summed E-state index contributed by atoms with van der Waals surface area (Å²) in [5, 5.41) is 13.4. The Bertz CT molecular complexity index is 527. The molecule has 0 aliphatic heterocycles. The predicted octanol–water partition coefficient (Wildman–Crippen LogP) is 3.58. The molecule has 4 heteroatoms. The number of rotatable bonds is 6. The van der Waals surface area contributed by atoms with Crippen LogP contribution in [0.25, 0.3) is 0 Å². The van der Waals surface area contributed by atoms with E-state index in [1.807, 2.05) is 19.9 Å². The lowest BCUT2D eigenvalue weighted by atomic mass is 10.0. The third-order valence-corrected chi connectivity index (χ3v) is 3.33. The van der Waals surface area contributed by atoms with Crippen molar-refractivity contribution in [2.45, 2.75) is 38.5 Å². The van der Waals surface area contributed by atoms with Crippen LogP contribution in [0.2, 0.25) is 0 Å². The molecule has 3 atom stereocenters. The van der Waals surface area contributed by atoms with Gasteiger partial charge in [0.2, 0.25) is 0 Å². The minimum atomic E-state index is -0.632. The third kappa shape index (κ3) is 3.92. The number of hydrogen-bond acceptors (Lipinski definition) is 3. The summed E-state index contributed by atoms with van der Waals surface area (Å²) in [4.78, 5) is 0. The molecule has 0 aliphatic rings. The van der Waals surface area contributed by atoms with Gasteiger partial charge < -0.3 is 14.8 Å². The topological polar surface area (TPSA) is 45.4 Å². The van der Waals surface area contributed by atoms with Crippen LogP contribution in [0.1, 0.15) is 43.7 Å². The van der Waals surface area contributed by atoms with Crippen LogP contribution >= 0.6 is 0 Å². The number of nitrogens with one attached hydrogen (secondary N) is 1. The molecule has 20 heavy (non-hydrogen) atoms. The molecule has 2 rings (SSSR count). The largest absolute Gasteiger partial charge is 0.467 e. The maximum absolute atomic E-state index is 13.2. The highest BCUT2D eigenvalue weighted by Crippen LogP contribution is 2.20. The molecule has 0 bridgehead atoms. The molecule has 2 N–H and O–H groups in total. The Morgan fingerprint density at radius 2 is 2.05 bits per heavy atom. The fourth-order valence-corrected chi connectivity index (χ4v) is 2.30. The number of furan rings is 1. The highest BCUT2D eigenvalue weighted by atomic mass is 19.1. The third-order valence-electron chi connectivity index (χ3n) is 3.33. The van der Waals surface area contributed by atoms with Crippen molar-refractivity contribution in [1.82, 2.24) is 5.32 Å². The van der Waals surface area contributed by atoms with Gasteiger partial charge in [-0.15, -0.1) is 0 Å². The molecule has 3 nitrogen and oxygen atoms in total. The molecule has 0 aliphatic carbocycles. The fourth-order valence-electron chi connectivity index (χ4n) is 2.30. The molecule has 0 fully saturated rings. The molecular weight excluding hydrogens is 257 g/mol. The number of hydrogen-bond donors (Lipinski definition) is 2. The van der Waals surface area contributed by atoms with Crippen LogP contribution in [0.4, 0.5) is 4.39 Å². The van der Waals surface area contributed by atoms with Gasteiger partial charge in [-0.05, 0) is 50.1 Å². The summed E-state index contributed by atoms with van der Waals surface area (Å²) >= 11 is 0. The van der Waals surface area contributed by atoms with Crippen LogP contribution in [0.15, 0.2) is 47.1 Å². The van der Waals surface area contributed by atoms with Gasteiger partial charge in [0, 0.05) is 12.1 Å². The van der Waals surface area contributed by atoms with Gasteiger partial charge in [-0.25, -0.2) is 4.39 Å². The summed E-state index contributed by atoms with van der Waals surface area (Å²) in [6.07, 6.45) is 1.45. The van der Waals surface area contributed by atoms with Gasteiger partial charge in [-0.1, -0.05) is 12.1 Å². The summed E-state index contributed by atoms with van der Waals surface area (Å²) in [7, 11) is 0. The molecule has 1 aromatic carbocycles. The van der Waals surface area contributed by atoms with Crippen molar-refractivity contribution in [2.75, 3.05) is 0 Å². The average Bonchev–Trinajstić information content (AvgIpc) is 2.92. The second-order valence-electron chi connectivity index (χ2n) is 5.11. The lowest BCUT2D eigenvalue weighted by molar-refractivity contribution is 0.127. The molecule has 3 unspecified atom stereocenters. The number of aliphatic hydroxyl groups excluding tert-OH is 1. The molecule has 0 spiro atoms. The van der Waals surface area contributed by atoms with E-state index < -0.39 is 6.10 Å². The summed E-state index contributed by atoms with van der Waals surface area (Å²) < 4.78 is 18.4. The monoisotopic (exact) mass is 277 g/mol. The Morgan fingerprint density at radius 1 is 1.25 bits per heavy atom. The molecule has 0 saturated carbocycles. The van der Waals surface area contributed by atoms with E-state index in [1.54, 1.807) is 24.5 Å². The summed E-state index contributed by atoms with van der Waals surface area (Å²) in [5.74, 6) is 0.330. The molecule has 0 amide bonds. The summed E-state index contributed by atoms with van der Waals surface area (Å²) in [5.41, 5.74) is 0.893. The number of aliphatic hydroxyl groups is 1. The van der Waals surface area contributed by atoms with Crippen molar-refractivity contribution in [3.8, 4) is 0 Å². The second-order valence-corrected chi connectivity index (χ2v) is 5.11. The lowest BCUT2D eigenvalue weighted by Crippen LogP contribution is -2.30. The van der Waals surface area contributed by atoms with Gasteiger partial charge in [-0.2, -0.15) is 0 Å². The Kier molecular flexibility index (Phi) is 4.93. The highest BCUT2D eigenvalue weighted by Gasteiger charge is 2.16. The van der Waals surface area contributed by atoms with Crippen LogP contribution in [0, 0.1) is 5.82 Å².